The summed E-state index contributed by atoms with van der Waals surface area (Å²) in [6.07, 6.45) is 0.515. The minimum absolute atomic E-state index is 0.134. The van der Waals surface area contributed by atoms with Gasteiger partial charge in [0.05, 0.1) is 11.5 Å². The van der Waals surface area contributed by atoms with Crippen LogP contribution in [-0.4, -0.2) is 26.2 Å². The average molecular weight is 337 g/mol. The third-order valence-electron chi connectivity index (χ3n) is 2.62. The quantitative estimate of drug-likeness (QED) is 0.708. The van der Waals surface area contributed by atoms with Crippen LogP contribution in [0.25, 0.3) is 0 Å². The van der Waals surface area contributed by atoms with E-state index in [0.717, 1.165) is 0 Å². The van der Waals surface area contributed by atoms with E-state index in [0.29, 0.717) is 22.1 Å². The molecule has 0 heterocycles. The first-order valence-corrected chi connectivity index (χ1v) is 7.78. The van der Waals surface area contributed by atoms with Crippen molar-refractivity contribution in [1.82, 2.24) is 4.72 Å². The first kappa shape index (κ1) is 15.4. The number of anilines is 1. The molecule has 0 aromatic heterocycles. The molecule has 1 aromatic rings. The second kappa shape index (κ2) is 6.01. The number of nitrogens with two attached hydrogens (primary N) is 1. The summed E-state index contributed by atoms with van der Waals surface area (Å²) in [5, 5.41) is 9.05. The van der Waals surface area contributed by atoms with Gasteiger partial charge in [0.15, 0.2) is 0 Å². The smallest absolute Gasteiger partial charge is 0.241 e. The van der Waals surface area contributed by atoms with Crippen LogP contribution in [0.4, 0.5) is 5.69 Å². The second-order valence-corrected chi connectivity index (χ2v) is 6.58. The van der Waals surface area contributed by atoms with E-state index >= 15 is 0 Å². The molecule has 0 aliphatic heterocycles. The Morgan fingerprint density at radius 1 is 1.50 bits per heavy atom. The highest BCUT2D eigenvalue weighted by atomic mass is 79.9. The van der Waals surface area contributed by atoms with Crippen molar-refractivity contribution >= 4 is 31.6 Å². The number of aliphatic hydroxyl groups excluding tert-OH is 1. The molecule has 0 saturated heterocycles. The van der Waals surface area contributed by atoms with Crippen molar-refractivity contribution in [1.29, 1.82) is 0 Å². The molecule has 0 aliphatic rings. The Kier molecular flexibility index (Phi) is 5.15. The molecule has 5 nitrogen and oxygen atoms in total. The molecular formula is C11H17BrN2O3S. The van der Waals surface area contributed by atoms with Crippen molar-refractivity contribution < 1.29 is 13.5 Å². The van der Waals surface area contributed by atoms with E-state index in [1.807, 2.05) is 0 Å². The highest BCUT2D eigenvalue weighted by Gasteiger charge is 2.21. The lowest BCUT2D eigenvalue weighted by Crippen LogP contribution is -2.37. The number of nitrogen functional groups attached to an aromatic ring is 1. The molecule has 0 aliphatic carbocycles. The summed E-state index contributed by atoms with van der Waals surface area (Å²) in [6.45, 7) is 3.26. The fourth-order valence-corrected chi connectivity index (χ4v) is 3.52. The fraction of sp³-hybridized carbons (Fsp3) is 0.455. The Bertz CT molecular complexity index is 527. The molecule has 1 rings (SSSR count). The van der Waals surface area contributed by atoms with Crippen molar-refractivity contribution in [2.45, 2.75) is 31.2 Å². The first-order valence-electron chi connectivity index (χ1n) is 5.50. The van der Waals surface area contributed by atoms with Gasteiger partial charge in [-0.3, -0.25) is 0 Å². The summed E-state index contributed by atoms with van der Waals surface area (Å²) >= 11 is 3.24. The van der Waals surface area contributed by atoms with Crippen molar-refractivity contribution in [3.63, 3.8) is 0 Å². The van der Waals surface area contributed by atoms with E-state index in [1.54, 1.807) is 19.9 Å². The molecule has 1 atom stereocenters. The monoisotopic (exact) mass is 336 g/mol. The van der Waals surface area contributed by atoms with Gasteiger partial charge in [0.25, 0.3) is 0 Å². The molecule has 18 heavy (non-hydrogen) atoms. The number of nitrogens with one attached hydrogen (secondary N) is 1. The molecule has 0 fully saturated rings. The summed E-state index contributed by atoms with van der Waals surface area (Å²) in [6, 6.07) is 2.58. The van der Waals surface area contributed by atoms with Crippen LogP contribution in [0.3, 0.4) is 0 Å². The standard InChI is InChI=1S/C11H17BrN2O3S/c1-3-8(6-15)14-18(16,17)11-5-10(13)9(12)4-7(11)2/h4-5,8,14-15H,3,6,13H2,1-2H3/t8-/m0/s1. The topological polar surface area (TPSA) is 92.4 Å². The van der Waals surface area contributed by atoms with Crippen molar-refractivity contribution in [3.8, 4) is 0 Å². The minimum atomic E-state index is -3.66. The van der Waals surface area contributed by atoms with E-state index in [9.17, 15) is 8.42 Å². The predicted octanol–water partition coefficient (Wildman–Crippen LogP) is 1.39. The number of halogens is 1. The lowest BCUT2D eigenvalue weighted by Gasteiger charge is -2.16. The maximum atomic E-state index is 12.2. The van der Waals surface area contributed by atoms with Gasteiger partial charge in [-0.25, -0.2) is 13.1 Å². The second-order valence-electron chi connectivity index (χ2n) is 4.05. The molecule has 0 spiro atoms. The first-order chi connectivity index (χ1) is 8.31. The van der Waals surface area contributed by atoms with Gasteiger partial charge in [-0.15, -0.1) is 0 Å². The number of rotatable bonds is 5. The lowest BCUT2D eigenvalue weighted by molar-refractivity contribution is 0.254. The highest BCUT2D eigenvalue weighted by molar-refractivity contribution is 9.10. The molecule has 0 unspecified atom stereocenters. The third-order valence-corrected chi connectivity index (χ3v) is 4.97. The Morgan fingerprint density at radius 2 is 2.11 bits per heavy atom. The summed E-state index contributed by atoms with van der Waals surface area (Å²) in [5.74, 6) is 0. The van der Waals surface area contributed by atoms with Crippen molar-refractivity contribution in [2.75, 3.05) is 12.3 Å². The van der Waals surface area contributed by atoms with Gasteiger partial charge in [-0.05, 0) is 47.0 Å². The third kappa shape index (κ3) is 3.44. The summed E-state index contributed by atoms with van der Waals surface area (Å²) in [7, 11) is -3.66. The Balaban J connectivity index is 3.16. The lowest BCUT2D eigenvalue weighted by atomic mass is 10.2. The summed E-state index contributed by atoms with van der Waals surface area (Å²) < 4.78 is 27.4. The van der Waals surface area contributed by atoms with Crippen LogP contribution in [0, 0.1) is 6.92 Å². The SMILES string of the molecule is CC[C@@H](CO)NS(=O)(=O)c1cc(N)c(Br)cc1C. The van der Waals surface area contributed by atoms with Gasteiger partial charge in [-0.2, -0.15) is 0 Å². The molecule has 1 aromatic carbocycles. The Morgan fingerprint density at radius 3 is 2.61 bits per heavy atom. The van der Waals surface area contributed by atoms with Gasteiger partial charge in [-0.1, -0.05) is 6.92 Å². The highest BCUT2D eigenvalue weighted by Crippen LogP contribution is 2.26. The van der Waals surface area contributed by atoms with E-state index < -0.39 is 16.1 Å². The van der Waals surface area contributed by atoms with Crippen LogP contribution in [0.1, 0.15) is 18.9 Å². The minimum Gasteiger partial charge on any atom is -0.398 e. The summed E-state index contributed by atoms with van der Waals surface area (Å²) in [5.41, 5.74) is 6.65. The number of sulfonamides is 1. The largest absolute Gasteiger partial charge is 0.398 e. The molecule has 0 bridgehead atoms. The van der Waals surface area contributed by atoms with Gasteiger partial charge in [0, 0.05) is 16.2 Å². The van der Waals surface area contributed by atoms with Gasteiger partial charge in [0.2, 0.25) is 10.0 Å². The van der Waals surface area contributed by atoms with Gasteiger partial charge >= 0.3 is 0 Å². The number of hydrogen-bond acceptors (Lipinski definition) is 4. The molecule has 0 radical (unpaired) electrons. The van der Waals surface area contributed by atoms with Crippen LogP contribution >= 0.6 is 15.9 Å². The Labute approximate surface area is 116 Å². The maximum absolute atomic E-state index is 12.2. The normalized spacial score (nSPS) is 13.6. The average Bonchev–Trinajstić information content (AvgIpc) is 2.30. The van der Waals surface area contributed by atoms with E-state index in [1.165, 1.54) is 6.07 Å². The van der Waals surface area contributed by atoms with E-state index in [-0.39, 0.29) is 11.5 Å². The van der Waals surface area contributed by atoms with E-state index in [2.05, 4.69) is 20.7 Å². The fourth-order valence-electron chi connectivity index (χ4n) is 1.49. The van der Waals surface area contributed by atoms with Crippen LogP contribution in [0.2, 0.25) is 0 Å². The Hall–Kier alpha value is -0.630. The molecule has 0 saturated carbocycles. The molecule has 0 amide bonds. The predicted molar refractivity (Wildman–Crippen MR) is 74.8 cm³/mol. The van der Waals surface area contributed by atoms with Crippen LogP contribution < -0.4 is 10.5 Å². The van der Waals surface area contributed by atoms with Crippen LogP contribution in [0.15, 0.2) is 21.5 Å². The maximum Gasteiger partial charge on any atom is 0.241 e. The molecule has 4 N–H and O–H groups in total. The number of aryl methyl sites for hydroxylation is 1. The van der Waals surface area contributed by atoms with Gasteiger partial charge < -0.3 is 10.8 Å². The van der Waals surface area contributed by atoms with Gasteiger partial charge in [0.1, 0.15) is 0 Å². The molecule has 7 heteroatoms. The molecule has 102 valence electrons. The zero-order chi connectivity index (χ0) is 13.9. The summed E-state index contributed by atoms with van der Waals surface area (Å²) in [4.78, 5) is 0.134. The van der Waals surface area contributed by atoms with Crippen LogP contribution in [-0.2, 0) is 10.0 Å². The number of hydrogen-bond donors (Lipinski definition) is 3. The van der Waals surface area contributed by atoms with Crippen molar-refractivity contribution in [3.05, 3.63) is 22.2 Å². The zero-order valence-corrected chi connectivity index (χ0v) is 12.7. The van der Waals surface area contributed by atoms with E-state index in [4.69, 9.17) is 10.8 Å². The number of aliphatic hydroxyl groups is 1. The zero-order valence-electron chi connectivity index (χ0n) is 10.3. The van der Waals surface area contributed by atoms with Crippen LogP contribution in [0.5, 0.6) is 0 Å². The molecular weight excluding hydrogens is 320 g/mol. The number of benzene rings is 1. The van der Waals surface area contributed by atoms with Crippen molar-refractivity contribution in [2.24, 2.45) is 0 Å².